The predicted octanol–water partition coefficient (Wildman–Crippen LogP) is 2.05. The first-order valence-electron chi connectivity index (χ1n) is 5.67. The van der Waals surface area contributed by atoms with Gasteiger partial charge in [0.05, 0.1) is 5.69 Å². The van der Waals surface area contributed by atoms with E-state index in [1.807, 2.05) is 6.07 Å². The average molecular weight is 253 g/mol. The van der Waals surface area contributed by atoms with Gasteiger partial charge in [-0.2, -0.15) is 0 Å². The Balaban J connectivity index is 2.37. The highest BCUT2D eigenvalue weighted by molar-refractivity contribution is 6.30. The summed E-state index contributed by atoms with van der Waals surface area (Å²) in [6.45, 7) is 0. The van der Waals surface area contributed by atoms with Crippen molar-refractivity contribution in [3.8, 4) is 0 Å². The van der Waals surface area contributed by atoms with E-state index in [4.69, 9.17) is 0 Å². The molecular formula is C15H11NO3. The zero-order chi connectivity index (χ0) is 13.7. The third kappa shape index (κ3) is 2.93. The van der Waals surface area contributed by atoms with Crippen molar-refractivity contribution >= 4 is 23.7 Å². The molecule has 0 radical (unpaired) electrons. The quantitative estimate of drug-likeness (QED) is 0.515. The molecule has 0 unspecified atom stereocenters. The number of anilines is 1. The van der Waals surface area contributed by atoms with Crippen molar-refractivity contribution in [3.63, 3.8) is 0 Å². The summed E-state index contributed by atoms with van der Waals surface area (Å²) >= 11 is 0. The smallest absolute Gasteiger partial charge is 0.288 e. The molecule has 2 aromatic carbocycles. The number of amides is 1. The van der Waals surface area contributed by atoms with E-state index in [2.05, 4.69) is 5.32 Å². The van der Waals surface area contributed by atoms with E-state index >= 15 is 0 Å². The van der Waals surface area contributed by atoms with Gasteiger partial charge >= 0.3 is 0 Å². The minimum atomic E-state index is -0.784. The number of aldehydes is 1. The van der Waals surface area contributed by atoms with Crippen LogP contribution in [0.25, 0.3) is 0 Å². The number of hydrogen-bond donors (Lipinski definition) is 1. The number of ketones is 1. The van der Waals surface area contributed by atoms with Crippen molar-refractivity contribution < 1.29 is 14.4 Å². The molecule has 2 aromatic rings. The molecule has 0 saturated heterocycles. The number of carbonyl (C=O) groups is 3. The number of para-hydroxylation sites is 1. The Labute approximate surface area is 110 Å². The second-order valence-corrected chi connectivity index (χ2v) is 3.85. The maximum absolute atomic E-state index is 12.3. The fourth-order valence-corrected chi connectivity index (χ4v) is 1.70. The second kappa shape index (κ2) is 5.73. The van der Waals surface area contributed by atoms with Crippen LogP contribution >= 0.6 is 0 Å². The molecule has 0 aliphatic rings. The number of carbonyl (C=O) groups excluding carboxylic acids is 3. The van der Waals surface area contributed by atoms with E-state index in [0.717, 1.165) is 0 Å². The number of benzene rings is 2. The summed E-state index contributed by atoms with van der Waals surface area (Å²) in [5, 5.41) is 2.38. The summed E-state index contributed by atoms with van der Waals surface area (Å²) in [6.07, 6.45) is 0.170. The van der Waals surface area contributed by atoms with Crippen LogP contribution in [-0.4, -0.2) is 18.0 Å². The van der Waals surface area contributed by atoms with Gasteiger partial charge in [0.1, 0.15) is 0 Å². The fourth-order valence-electron chi connectivity index (χ4n) is 1.70. The van der Waals surface area contributed by atoms with Crippen LogP contribution in [0.5, 0.6) is 0 Å². The van der Waals surface area contributed by atoms with Crippen LogP contribution in [-0.2, 0) is 9.59 Å². The maximum Gasteiger partial charge on any atom is 0.288 e. The molecule has 0 aliphatic heterocycles. The molecule has 0 saturated carbocycles. The van der Waals surface area contributed by atoms with Crippen molar-refractivity contribution in [3.05, 3.63) is 65.7 Å². The first-order valence-corrected chi connectivity index (χ1v) is 5.67. The van der Waals surface area contributed by atoms with Gasteiger partial charge < -0.3 is 5.32 Å². The molecule has 2 rings (SSSR count). The SMILES string of the molecule is O=CC(=O)Nc1ccccc1C(=O)c1ccccc1. The minimum absolute atomic E-state index is 0.170. The maximum atomic E-state index is 12.3. The molecule has 1 N–H and O–H groups in total. The van der Waals surface area contributed by atoms with E-state index in [0.29, 0.717) is 16.8 Å². The molecule has 0 heterocycles. The third-order valence-electron chi connectivity index (χ3n) is 2.57. The molecule has 94 valence electrons. The topological polar surface area (TPSA) is 63.2 Å². The molecule has 1 amide bonds. The molecule has 0 aliphatic carbocycles. The second-order valence-electron chi connectivity index (χ2n) is 3.85. The van der Waals surface area contributed by atoms with Gasteiger partial charge in [-0.3, -0.25) is 14.4 Å². The lowest BCUT2D eigenvalue weighted by Crippen LogP contribution is -2.15. The Morgan fingerprint density at radius 3 is 2.21 bits per heavy atom. The molecule has 4 nitrogen and oxygen atoms in total. The summed E-state index contributed by atoms with van der Waals surface area (Å²) in [6, 6.07) is 15.3. The van der Waals surface area contributed by atoms with Gasteiger partial charge in [0.15, 0.2) is 5.78 Å². The normalized spacial score (nSPS) is 9.68. The van der Waals surface area contributed by atoms with Gasteiger partial charge in [-0.1, -0.05) is 42.5 Å². The van der Waals surface area contributed by atoms with E-state index < -0.39 is 5.91 Å². The molecule has 19 heavy (non-hydrogen) atoms. The van der Waals surface area contributed by atoms with Crippen LogP contribution in [0.2, 0.25) is 0 Å². The molecule has 0 fully saturated rings. The number of rotatable bonds is 4. The van der Waals surface area contributed by atoms with Crippen molar-refractivity contribution in [2.45, 2.75) is 0 Å². The number of nitrogens with one attached hydrogen (secondary N) is 1. The van der Waals surface area contributed by atoms with Crippen LogP contribution < -0.4 is 5.32 Å². The third-order valence-corrected chi connectivity index (χ3v) is 2.57. The Morgan fingerprint density at radius 1 is 0.895 bits per heavy atom. The van der Waals surface area contributed by atoms with Crippen molar-refractivity contribution in [1.82, 2.24) is 0 Å². The molecule has 0 bridgehead atoms. The molecular weight excluding hydrogens is 242 g/mol. The highest BCUT2D eigenvalue weighted by Gasteiger charge is 2.14. The van der Waals surface area contributed by atoms with Crippen LogP contribution in [0.1, 0.15) is 15.9 Å². The van der Waals surface area contributed by atoms with Gasteiger partial charge in [0.25, 0.3) is 5.91 Å². The average Bonchev–Trinajstić information content (AvgIpc) is 2.48. The zero-order valence-electron chi connectivity index (χ0n) is 10.00. The monoisotopic (exact) mass is 253 g/mol. The fraction of sp³-hybridized carbons (Fsp3) is 0. The van der Waals surface area contributed by atoms with Gasteiger partial charge in [-0.05, 0) is 12.1 Å². The summed E-state index contributed by atoms with van der Waals surface area (Å²) in [5.74, 6) is -0.990. The van der Waals surface area contributed by atoms with E-state index in [-0.39, 0.29) is 12.1 Å². The first kappa shape index (κ1) is 12.7. The molecule has 4 heteroatoms. The predicted molar refractivity (Wildman–Crippen MR) is 71.0 cm³/mol. The van der Waals surface area contributed by atoms with Crippen LogP contribution in [0.4, 0.5) is 5.69 Å². The van der Waals surface area contributed by atoms with Gasteiger partial charge in [0.2, 0.25) is 6.29 Å². The lowest BCUT2D eigenvalue weighted by atomic mass is 10.0. The zero-order valence-corrected chi connectivity index (χ0v) is 10.00. The highest BCUT2D eigenvalue weighted by atomic mass is 16.2. The van der Waals surface area contributed by atoms with Crippen LogP contribution in [0.15, 0.2) is 54.6 Å². The standard InChI is InChI=1S/C15H11NO3/c17-10-14(18)16-13-9-5-4-8-12(13)15(19)11-6-2-1-3-7-11/h1-10H,(H,16,18). The van der Waals surface area contributed by atoms with Gasteiger partial charge in [-0.15, -0.1) is 0 Å². The van der Waals surface area contributed by atoms with Crippen LogP contribution in [0.3, 0.4) is 0 Å². The Morgan fingerprint density at radius 2 is 1.53 bits per heavy atom. The lowest BCUT2D eigenvalue weighted by Gasteiger charge is -2.08. The highest BCUT2D eigenvalue weighted by Crippen LogP contribution is 2.19. The van der Waals surface area contributed by atoms with E-state index in [1.54, 1.807) is 48.5 Å². The Hall–Kier alpha value is -2.75. The van der Waals surface area contributed by atoms with Gasteiger partial charge in [-0.25, -0.2) is 0 Å². The van der Waals surface area contributed by atoms with Crippen molar-refractivity contribution in [2.75, 3.05) is 5.32 Å². The van der Waals surface area contributed by atoms with E-state index in [1.165, 1.54) is 0 Å². The lowest BCUT2D eigenvalue weighted by molar-refractivity contribution is -0.127. The van der Waals surface area contributed by atoms with Crippen molar-refractivity contribution in [1.29, 1.82) is 0 Å². The first-order chi connectivity index (χ1) is 9.22. The summed E-state index contributed by atoms with van der Waals surface area (Å²) in [7, 11) is 0. The Bertz CT molecular complexity index is 620. The van der Waals surface area contributed by atoms with Crippen LogP contribution in [0, 0.1) is 0 Å². The van der Waals surface area contributed by atoms with Crippen molar-refractivity contribution in [2.24, 2.45) is 0 Å². The summed E-state index contributed by atoms with van der Waals surface area (Å²) in [5.41, 5.74) is 1.20. The van der Waals surface area contributed by atoms with Gasteiger partial charge in [0, 0.05) is 11.1 Å². The Kier molecular flexibility index (Phi) is 3.83. The summed E-state index contributed by atoms with van der Waals surface area (Å²) < 4.78 is 0. The molecule has 0 spiro atoms. The van der Waals surface area contributed by atoms with E-state index in [9.17, 15) is 14.4 Å². The molecule has 0 aromatic heterocycles. The largest absolute Gasteiger partial charge is 0.319 e. The molecule has 0 atom stereocenters. The number of hydrogen-bond acceptors (Lipinski definition) is 3. The minimum Gasteiger partial charge on any atom is -0.319 e. The summed E-state index contributed by atoms with van der Waals surface area (Å²) in [4.78, 5) is 33.8.